The molecule has 0 saturated carbocycles. The van der Waals surface area contributed by atoms with E-state index in [4.69, 9.17) is 0 Å². The molecule has 2 aromatic rings. The number of halogens is 2. The fourth-order valence-corrected chi connectivity index (χ4v) is 5.77. The lowest BCUT2D eigenvalue weighted by molar-refractivity contribution is -0.0220. The number of alkyl halides is 2. The van der Waals surface area contributed by atoms with Crippen LogP contribution in [0, 0.1) is 0 Å². The summed E-state index contributed by atoms with van der Waals surface area (Å²) in [6.07, 6.45) is 0.508. The molecule has 1 aliphatic rings. The Balaban J connectivity index is 2.09. The zero-order valence-electron chi connectivity index (χ0n) is 19.0. The molecule has 0 bridgehead atoms. The largest absolute Gasteiger partial charge is 0.465 e. The molecule has 0 aromatic heterocycles. The molecule has 186 valence electrons. The quantitative estimate of drug-likeness (QED) is 0.561. The van der Waals surface area contributed by atoms with Gasteiger partial charge in [0.1, 0.15) is 0 Å². The van der Waals surface area contributed by atoms with Crippen molar-refractivity contribution in [1.29, 1.82) is 0 Å². The lowest BCUT2D eigenvalue weighted by Crippen LogP contribution is -2.39. The molecule has 0 unspecified atom stereocenters. The van der Waals surface area contributed by atoms with Gasteiger partial charge in [-0.3, -0.25) is 4.72 Å². The first-order valence-corrected chi connectivity index (χ1v) is 13.9. The average Bonchev–Trinajstić information content (AvgIpc) is 2.77. The third-order valence-electron chi connectivity index (χ3n) is 5.63. The maximum atomic E-state index is 13.7. The predicted molar refractivity (Wildman–Crippen MR) is 124 cm³/mol. The van der Waals surface area contributed by atoms with Crippen LogP contribution in [0.4, 0.5) is 20.2 Å². The van der Waals surface area contributed by atoms with Gasteiger partial charge in [0.05, 0.1) is 33.8 Å². The molecule has 2 aromatic carbocycles. The van der Waals surface area contributed by atoms with Crippen LogP contribution < -0.4 is 9.62 Å². The van der Waals surface area contributed by atoms with Gasteiger partial charge < -0.3 is 9.64 Å². The number of hydrogen-bond acceptors (Lipinski definition) is 7. The van der Waals surface area contributed by atoms with Gasteiger partial charge in [0, 0.05) is 32.2 Å². The molecule has 1 heterocycles. The molecule has 0 atom stereocenters. The lowest BCUT2D eigenvalue weighted by Gasteiger charge is -2.34. The molecule has 3 rings (SSSR count). The number of nitrogens with one attached hydrogen (secondary N) is 1. The van der Waals surface area contributed by atoms with Gasteiger partial charge in [-0.2, -0.15) is 0 Å². The van der Waals surface area contributed by atoms with E-state index in [0.717, 1.165) is 6.26 Å². The summed E-state index contributed by atoms with van der Waals surface area (Å²) in [5, 5.41) is 0. The van der Waals surface area contributed by atoms with E-state index in [2.05, 4.69) is 9.46 Å². The first kappa shape index (κ1) is 25.9. The Kier molecular flexibility index (Phi) is 7.23. The summed E-state index contributed by atoms with van der Waals surface area (Å²) in [6.45, 7) is 1.69. The first-order valence-electron chi connectivity index (χ1n) is 10.5. The molecular weight excluding hydrogens is 490 g/mol. The normalized spacial score (nSPS) is 16.2. The topological polar surface area (TPSA) is 110 Å². The van der Waals surface area contributed by atoms with E-state index >= 15 is 0 Å². The summed E-state index contributed by atoms with van der Waals surface area (Å²) in [4.78, 5) is 13.2. The Morgan fingerprint density at radius 1 is 1.09 bits per heavy atom. The van der Waals surface area contributed by atoms with Crippen molar-refractivity contribution >= 4 is 37.2 Å². The second-order valence-corrected chi connectivity index (χ2v) is 11.7. The van der Waals surface area contributed by atoms with Crippen molar-refractivity contribution in [3.8, 4) is 0 Å². The average molecular weight is 517 g/mol. The summed E-state index contributed by atoms with van der Waals surface area (Å²) in [6, 6.07) is 8.03. The maximum absolute atomic E-state index is 13.7. The van der Waals surface area contributed by atoms with Crippen molar-refractivity contribution in [1.82, 2.24) is 0 Å². The van der Waals surface area contributed by atoms with Gasteiger partial charge in [0.2, 0.25) is 0 Å². The van der Waals surface area contributed by atoms with Crippen molar-refractivity contribution in [3.05, 3.63) is 47.5 Å². The molecule has 0 amide bonds. The molecule has 0 aliphatic carbocycles. The molecule has 1 fully saturated rings. The fourth-order valence-electron chi connectivity index (χ4n) is 3.72. The van der Waals surface area contributed by atoms with E-state index in [-0.39, 0.29) is 39.8 Å². The molecule has 1 aliphatic heterocycles. The third kappa shape index (κ3) is 5.66. The Morgan fingerprint density at radius 2 is 1.74 bits per heavy atom. The number of sulfone groups is 1. The van der Waals surface area contributed by atoms with Crippen LogP contribution in [0.3, 0.4) is 0 Å². The highest BCUT2D eigenvalue weighted by atomic mass is 32.2. The smallest absolute Gasteiger partial charge is 0.337 e. The van der Waals surface area contributed by atoms with Gasteiger partial charge in [-0.05, 0) is 42.3 Å². The van der Waals surface area contributed by atoms with E-state index in [1.54, 1.807) is 11.8 Å². The molecule has 1 N–H and O–H groups in total. The predicted octanol–water partition coefficient (Wildman–Crippen LogP) is 3.48. The lowest BCUT2D eigenvalue weighted by atomic mass is 10.1. The molecule has 8 nitrogen and oxygen atoms in total. The highest BCUT2D eigenvalue weighted by Crippen LogP contribution is 2.36. The fraction of sp³-hybridized carbons (Fsp3) is 0.409. The minimum absolute atomic E-state index is 0.0298. The van der Waals surface area contributed by atoms with Crippen molar-refractivity contribution < 1.29 is 35.1 Å². The van der Waals surface area contributed by atoms with Crippen LogP contribution in [-0.2, 0) is 31.0 Å². The number of methoxy groups -OCH3 is 1. The van der Waals surface area contributed by atoms with Crippen LogP contribution in [-0.4, -0.2) is 55.2 Å². The Hall–Kier alpha value is -2.73. The number of hydrogen-bond donors (Lipinski definition) is 1. The Morgan fingerprint density at radius 3 is 2.29 bits per heavy atom. The van der Waals surface area contributed by atoms with Gasteiger partial charge >= 0.3 is 5.97 Å². The third-order valence-corrected chi connectivity index (χ3v) is 8.19. The highest BCUT2D eigenvalue weighted by Gasteiger charge is 2.35. The van der Waals surface area contributed by atoms with Gasteiger partial charge in [-0.1, -0.05) is 13.0 Å². The van der Waals surface area contributed by atoms with Crippen LogP contribution >= 0.6 is 0 Å². The number of sulfonamides is 1. The van der Waals surface area contributed by atoms with E-state index < -0.39 is 44.6 Å². The van der Waals surface area contributed by atoms with Crippen LogP contribution in [0.2, 0.25) is 0 Å². The maximum Gasteiger partial charge on any atom is 0.337 e. The van der Waals surface area contributed by atoms with Crippen molar-refractivity contribution in [2.75, 3.05) is 36.1 Å². The summed E-state index contributed by atoms with van der Waals surface area (Å²) in [7, 11) is -6.80. The van der Waals surface area contributed by atoms with Crippen molar-refractivity contribution in [3.63, 3.8) is 0 Å². The second kappa shape index (κ2) is 9.49. The summed E-state index contributed by atoms with van der Waals surface area (Å²) in [5.41, 5.74) is 0.689. The minimum atomic E-state index is -4.29. The summed E-state index contributed by atoms with van der Waals surface area (Å²) < 4.78 is 85.4. The number of ether oxygens (including phenoxy) is 1. The minimum Gasteiger partial charge on any atom is -0.465 e. The van der Waals surface area contributed by atoms with Gasteiger partial charge in [-0.15, -0.1) is 0 Å². The molecule has 34 heavy (non-hydrogen) atoms. The van der Waals surface area contributed by atoms with Crippen LogP contribution in [0.5, 0.6) is 0 Å². The van der Waals surface area contributed by atoms with Gasteiger partial charge in [0.15, 0.2) is 9.84 Å². The van der Waals surface area contributed by atoms with Gasteiger partial charge in [0.25, 0.3) is 15.9 Å². The number of carbonyl (C=O) groups is 1. The Bertz CT molecular complexity index is 1300. The molecule has 0 radical (unpaired) electrons. The number of aryl methyl sites for hydroxylation is 1. The zero-order valence-corrected chi connectivity index (χ0v) is 20.6. The highest BCUT2D eigenvalue weighted by molar-refractivity contribution is 7.92. The number of esters is 1. The molecule has 0 spiro atoms. The number of rotatable bonds is 7. The Labute approximate surface area is 197 Å². The van der Waals surface area contributed by atoms with E-state index in [0.29, 0.717) is 12.0 Å². The second-order valence-electron chi connectivity index (χ2n) is 8.07. The van der Waals surface area contributed by atoms with Crippen LogP contribution in [0.15, 0.2) is 46.2 Å². The van der Waals surface area contributed by atoms with Crippen molar-refractivity contribution in [2.24, 2.45) is 0 Å². The van der Waals surface area contributed by atoms with Crippen molar-refractivity contribution in [2.45, 2.75) is 41.9 Å². The summed E-state index contributed by atoms with van der Waals surface area (Å²) >= 11 is 0. The van der Waals surface area contributed by atoms with Crippen LogP contribution in [0.25, 0.3) is 0 Å². The number of benzene rings is 2. The SMILES string of the molecule is CCc1ccc(C(=O)OC)cc1S(=O)(=O)Nc1cc(S(C)(=O)=O)ccc1N1CCC(F)(F)CC1. The van der Waals surface area contributed by atoms with Crippen LogP contribution in [0.1, 0.15) is 35.7 Å². The van der Waals surface area contributed by atoms with E-state index in [9.17, 15) is 30.4 Å². The summed E-state index contributed by atoms with van der Waals surface area (Å²) in [5.74, 6) is -3.53. The number of piperidine rings is 1. The number of carbonyl (C=O) groups excluding carboxylic acids is 1. The number of anilines is 2. The van der Waals surface area contributed by atoms with E-state index in [1.165, 1.54) is 43.5 Å². The van der Waals surface area contributed by atoms with Gasteiger partial charge in [-0.25, -0.2) is 30.4 Å². The van der Waals surface area contributed by atoms with E-state index in [1.807, 2.05) is 0 Å². The molecule has 12 heteroatoms. The molecular formula is C22H26F2N2O6S2. The first-order chi connectivity index (χ1) is 15.8. The number of nitrogens with zero attached hydrogens (tertiary/aromatic N) is 1. The zero-order chi connectivity index (χ0) is 25.3. The molecule has 1 saturated heterocycles. The standard InChI is InChI=1S/C22H26F2N2O6S2/c1-4-15-5-6-16(21(27)32-2)13-20(15)34(30,31)25-18-14-17(33(3,28)29)7-8-19(18)26-11-9-22(23,24)10-12-26/h5-8,13-14,25H,4,9-12H2,1-3H3. The monoisotopic (exact) mass is 516 g/mol.